The standard InChI is InChI=1S/C16H20N4O2S/c1-4-10-17-14(21)11-23-16-19-18-15(20(16)5-2)12-8-6-7-9-13(12)22-3/h4,6-9H,1,5,10-11H2,2-3H3,(H,17,21). The van der Waals surface area contributed by atoms with Crippen LogP contribution in [0.4, 0.5) is 0 Å². The van der Waals surface area contributed by atoms with Gasteiger partial charge in [-0.25, -0.2) is 0 Å². The average molecular weight is 332 g/mol. The van der Waals surface area contributed by atoms with E-state index in [9.17, 15) is 4.79 Å². The lowest BCUT2D eigenvalue weighted by atomic mass is 10.2. The molecule has 6 nitrogen and oxygen atoms in total. The molecule has 1 amide bonds. The molecule has 0 bridgehead atoms. The van der Waals surface area contributed by atoms with Crippen molar-refractivity contribution >= 4 is 17.7 Å². The maximum absolute atomic E-state index is 11.7. The molecule has 0 aliphatic carbocycles. The number of carbonyl (C=O) groups is 1. The highest BCUT2D eigenvalue weighted by Gasteiger charge is 2.17. The van der Waals surface area contributed by atoms with Crippen LogP contribution in [-0.2, 0) is 11.3 Å². The summed E-state index contributed by atoms with van der Waals surface area (Å²) in [5.74, 6) is 1.71. The molecule has 0 saturated heterocycles. The molecule has 0 aliphatic rings. The van der Waals surface area contributed by atoms with Crippen LogP contribution < -0.4 is 10.1 Å². The van der Waals surface area contributed by atoms with E-state index < -0.39 is 0 Å². The van der Waals surface area contributed by atoms with Gasteiger partial charge in [0.2, 0.25) is 5.91 Å². The number of ether oxygens (including phenoxy) is 1. The third-order valence-corrected chi connectivity index (χ3v) is 4.12. The Morgan fingerprint density at radius 2 is 2.22 bits per heavy atom. The monoisotopic (exact) mass is 332 g/mol. The first kappa shape index (κ1) is 17.1. The van der Waals surface area contributed by atoms with Crippen LogP contribution in [0, 0.1) is 0 Å². The first-order chi connectivity index (χ1) is 11.2. The Kier molecular flexibility index (Phi) is 6.22. The normalized spacial score (nSPS) is 10.3. The van der Waals surface area contributed by atoms with Gasteiger partial charge in [0.1, 0.15) is 5.75 Å². The molecule has 2 aromatic rings. The van der Waals surface area contributed by atoms with Gasteiger partial charge in [0.25, 0.3) is 0 Å². The van der Waals surface area contributed by atoms with Crippen LogP contribution >= 0.6 is 11.8 Å². The molecule has 0 spiro atoms. The van der Waals surface area contributed by atoms with Gasteiger partial charge < -0.3 is 14.6 Å². The van der Waals surface area contributed by atoms with E-state index in [0.29, 0.717) is 18.2 Å². The Morgan fingerprint density at radius 3 is 2.91 bits per heavy atom. The summed E-state index contributed by atoms with van der Waals surface area (Å²) in [5.41, 5.74) is 0.882. The number of hydrogen-bond donors (Lipinski definition) is 1. The van der Waals surface area contributed by atoms with Crippen LogP contribution in [0.5, 0.6) is 5.75 Å². The van der Waals surface area contributed by atoms with Gasteiger partial charge in [0, 0.05) is 13.1 Å². The average Bonchev–Trinajstić information content (AvgIpc) is 3.00. The number of thioether (sulfide) groups is 1. The molecule has 1 aromatic carbocycles. The molecule has 0 unspecified atom stereocenters. The largest absolute Gasteiger partial charge is 0.496 e. The van der Waals surface area contributed by atoms with Crippen molar-refractivity contribution in [3.8, 4) is 17.1 Å². The van der Waals surface area contributed by atoms with E-state index in [1.165, 1.54) is 11.8 Å². The molecule has 122 valence electrons. The molecular formula is C16H20N4O2S. The first-order valence-corrected chi connectivity index (χ1v) is 8.26. The highest BCUT2D eigenvalue weighted by Crippen LogP contribution is 2.30. The summed E-state index contributed by atoms with van der Waals surface area (Å²) in [7, 11) is 1.63. The molecule has 1 N–H and O–H groups in total. The van der Waals surface area contributed by atoms with Crippen LogP contribution in [0.2, 0.25) is 0 Å². The van der Waals surface area contributed by atoms with Crippen LogP contribution in [0.25, 0.3) is 11.4 Å². The Morgan fingerprint density at radius 1 is 1.43 bits per heavy atom. The second-order valence-electron chi connectivity index (χ2n) is 4.63. The Bertz CT molecular complexity index is 684. The smallest absolute Gasteiger partial charge is 0.230 e. The molecule has 2 rings (SSSR count). The predicted molar refractivity (Wildman–Crippen MR) is 91.6 cm³/mol. The molecule has 0 fully saturated rings. The van der Waals surface area contributed by atoms with E-state index in [2.05, 4.69) is 22.1 Å². The summed E-state index contributed by atoms with van der Waals surface area (Å²) < 4.78 is 7.37. The SMILES string of the molecule is C=CCNC(=O)CSc1nnc(-c2ccccc2OC)n1CC. The van der Waals surface area contributed by atoms with Crippen molar-refractivity contribution in [3.63, 3.8) is 0 Å². The zero-order valence-electron chi connectivity index (χ0n) is 13.3. The minimum atomic E-state index is -0.0561. The molecule has 1 heterocycles. The number of para-hydroxylation sites is 1. The third kappa shape index (κ3) is 4.13. The van der Waals surface area contributed by atoms with Crippen LogP contribution in [0.3, 0.4) is 0 Å². The van der Waals surface area contributed by atoms with Gasteiger partial charge in [0.05, 0.1) is 18.4 Å². The quantitative estimate of drug-likeness (QED) is 0.594. The topological polar surface area (TPSA) is 69.0 Å². The summed E-state index contributed by atoms with van der Waals surface area (Å²) in [6, 6.07) is 7.68. The minimum absolute atomic E-state index is 0.0561. The number of carbonyl (C=O) groups excluding carboxylic acids is 1. The molecular weight excluding hydrogens is 312 g/mol. The summed E-state index contributed by atoms with van der Waals surface area (Å²) in [6.07, 6.45) is 1.65. The number of rotatable bonds is 8. The van der Waals surface area contributed by atoms with E-state index in [4.69, 9.17) is 4.74 Å². The number of amides is 1. The fraction of sp³-hybridized carbons (Fsp3) is 0.312. The van der Waals surface area contributed by atoms with Gasteiger partial charge in [-0.2, -0.15) is 0 Å². The molecule has 23 heavy (non-hydrogen) atoms. The molecule has 0 radical (unpaired) electrons. The maximum Gasteiger partial charge on any atom is 0.230 e. The fourth-order valence-corrected chi connectivity index (χ4v) is 2.91. The molecule has 0 saturated carbocycles. The summed E-state index contributed by atoms with van der Waals surface area (Å²) >= 11 is 1.36. The number of methoxy groups -OCH3 is 1. The summed E-state index contributed by atoms with van der Waals surface area (Å²) in [6.45, 7) is 6.76. The Hall–Kier alpha value is -2.28. The molecule has 0 atom stereocenters. The lowest BCUT2D eigenvalue weighted by Gasteiger charge is -2.10. The van der Waals surface area contributed by atoms with Gasteiger partial charge >= 0.3 is 0 Å². The van der Waals surface area contributed by atoms with Crippen LogP contribution in [0.1, 0.15) is 6.92 Å². The van der Waals surface area contributed by atoms with Crippen molar-refractivity contribution < 1.29 is 9.53 Å². The minimum Gasteiger partial charge on any atom is -0.496 e. The Balaban J connectivity index is 2.19. The van der Waals surface area contributed by atoms with Crippen molar-refractivity contribution in [3.05, 3.63) is 36.9 Å². The molecule has 0 aliphatic heterocycles. The Labute approximate surface area is 139 Å². The highest BCUT2D eigenvalue weighted by molar-refractivity contribution is 7.99. The van der Waals surface area contributed by atoms with Crippen molar-refractivity contribution in [1.29, 1.82) is 0 Å². The lowest BCUT2D eigenvalue weighted by molar-refractivity contribution is -0.118. The number of nitrogens with zero attached hydrogens (tertiary/aromatic N) is 3. The van der Waals surface area contributed by atoms with E-state index in [-0.39, 0.29) is 11.7 Å². The maximum atomic E-state index is 11.7. The van der Waals surface area contributed by atoms with Gasteiger partial charge in [-0.3, -0.25) is 4.79 Å². The zero-order valence-corrected chi connectivity index (χ0v) is 14.1. The number of aromatic nitrogens is 3. The molecule has 7 heteroatoms. The van der Waals surface area contributed by atoms with E-state index in [1.807, 2.05) is 35.8 Å². The highest BCUT2D eigenvalue weighted by atomic mass is 32.2. The second-order valence-corrected chi connectivity index (χ2v) is 5.57. The van der Waals surface area contributed by atoms with Crippen LogP contribution in [0.15, 0.2) is 42.1 Å². The van der Waals surface area contributed by atoms with Crippen molar-refractivity contribution in [2.45, 2.75) is 18.6 Å². The second kappa shape index (κ2) is 8.38. The van der Waals surface area contributed by atoms with Crippen molar-refractivity contribution in [2.24, 2.45) is 0 Å². The third-order valence-electron chi connectivity index (χ3n) is 3.16. The first-order valence-electron chi connectivity index (χ1n) is 7.28. The summed E-state index contributed by atoms with van der Waals surface area (Å²) in [5, 5.41) is 11.9. The van der Waals surface area contributed by atoms with E-state index >= 15 is 0 Å². The van der Waals surface area contributed by atoms with Crippen molar-refractivity contribution in [2.75, 3.05) is 19.4 Å². The van der Waals surface area contributed by atoms with Gasteiger partial charge in [-0.1, -0.05) is 30.0 Å². The number of benzene rings is 1. The zero-order chi connectivity index (χ0) is 16.7. The lowest BCUT2D eigenvalue weighted by Crippen LogP contribution is -2.25. The number of hydrogen-bond acceptors (Lipinski definition) is 5. The van der Waals surface area contributed by atoms with E-state index in [0.717, 1.165) is 17.1 Å². The van der Waals surface area contributed by atoms with Gasteiger partial charge in [-0.15, -0.1) is 16.8 Å². The fourth-order valence-electron chi connectivity index (χ4n) is 2.08. The van der Waals surface area contributed by atoms with E-state index in [1.54, 1.807) is 13.2 Å². The van der Waals surface area contributed by atoms with Gasteiger partial charge in [0.15, 0.2) is 11.0 Å². The van der Waals surface area contributed by atoms with Gasteiger partial charge in [-0.05, 0) is 19.1 Å². The number of nitrogens with one attached hydrogen (secondary N) is 1. The van der Waals surface area contributed by atoms with Crippen LogP contribution in [-0.4, -0.2) is 40.1 Å². The summed E-state index contributed by atoms with van der Waals surface area (Å²) in [4.78, 5) is 11.7. The molecule has 1 aromatic heterocycles. The van der Waals surface area contributed by atoms with Crippen molar-refractivity contribution in [1.82, 2.24) is 20.1 Å². The predicted octanol–water partition coefficient (Wildman–Crippen LogP) is 2.37.